The SMILES string of the molecule is CC(C)CC(C)N(C)CC(=O)N(C)c1ccc(N)cc1. The lowest BCUT2D eigenvalue weighted by atomic mass is 10.0. The highest BCUT2D eigenvalue weighted by Gasteiger charge is 2.17. The molecule has 0 spiro atoms. The maximum absolute atomic E-state index is 12.3. The molecular formula is C16H27N3O. The molecule has 1 aromatic carbocycles. The van der Waals surface area contributed by atoms with Gasteiger partial charge in [-0.3, -0.25) is 9.69 Å². The first-order chi connectivity index (χ1) is 9.31. The highest BCUT2D eigenvalue weighted by Crippen LogP contribution is 2.16. The van der Waals surface area contributed by atoms with Crippen LogP contribution in [0.1, 0.15) is 27.2 Å². The van der Waals surface area contributed by atoms with Crippen molar-refractivity contribution in [3.8, 4) is 0 Å². The number of nitrogen functional groups attached to an aromatic ring is 1. The maximum atomic E-state index is 12.3. The maximum Gasteiger partial charge on any atom is 0.240 e. The molecule has 2 N–H and O–H groups in total. The van der Waals surface area contributed by atoms with Crippen LogP contribution < -0.4 is 10.6 Å². The Morgan fingerprint density at radius 1 is 1.15 bits per heavy atom. The topological polar surface area (TPSA) is 49.6 Å². The quantitative estimate of drug-likeness (QED) is 0.813. The van der Waals surface area contributed by atoms with E-state index in [1.54, 1.807) is 11.9 Å². The summed E-state index contributed by atoms with van der Waals surface area (Å²) in [6.07, 6.45) is 1.09. The Balaban J connectivity index is 2.59. The van der Waals surface area contributed by atoms with Gasteiger partial charge in [0.25, 0.3) is 0 Å². The summed E-state index contributed by atoms with van der Waals surface area (Å²) in [4.78, 5) is 16.1. The molecule has 112 valence electrons. The minimum absolute atomic E-state index is 0.0906. The number of anilines is 2. The fourth-order valence-electron chi connectivity index (χ4n) is 2.18. The molecule has 0 aromatic heterocycles. The van der Waals surface area contributed by atoms with Crippen LogP contribution in [-0.4, -0.2) is 37.5 Å². The van der Waals surface area contributed by atoms with Crippen molar-refractivity contribution in [2.45, 2.75) is 33.2 Å². The number of benzene rings is 1. The molecule has 0 aliphatic carbocycles. The summed E-state index contributed by atoms with van der Waals surface area (Å²) in [5.41, 5.74) is 7.23. The van der Waals surface area contributed by atoms with Gasteiger partial charge in [0.15, 0.2) is 0 Å². The largest absolute Gasteiger partial charge is 0.399 e. The number of likely N-dealkylation sites (N-methyl/N-ethyl adjacent to an activating group) is 2. The minimum atomic E-state index is 0.0906. The molecule has 0 aliphatic rings. The second-order valence-electron chi connectivity index (χ2n) is 5.94. The number of hydrogen-bond acceptors (Lipinski definition) is 3. The Labute approximate surface area is 122 Å². The Kier molecular flexibility index (Phi) is 6.02. The molecule has 0 fully saturated rings. The number of hydrogen-bond donors (Lipinski definition) is 1. The lowest BCUT2D eigenvalue weighted by molar-refractivity contribution is -0.119. The average molecular weight is 277 g/mol. The van der Waals surface area contributed by atoms with Gasteiger partial charge in [-0.25, -0.2) is 0 Å². The summed E-state index contributed by atoms with van der Waals surface area (Å²) in [5, 5.41) is 0. The second-order valence-corrected chi connectivity index (χ2v) is 5.94. The number of rotatable bonds is 6. The van der Waals surface area contributed by atoms with Crippen LogP contribution in [0.15, 0.2) is 24.3 Å². The van der Waals surface area contributed by atoms with Gasteiger partial charge in [0.2, 0.25) is 5.91 Å². The van der Waals surface area contributed by atoms with Gasteiger partial charge in [0.05, 0.1) is 6.54 Å². The Morgan fingerprint density at radius 2 is 1.70 bits per heavy atom. The summed E-state index contributed by atoms with van der Waals surface area (Å²) in [5.74, 6) is 0.727. The summed E-state index contributed by atoms with van der Waals surface area (Å²) < 4.78 is 0. The van der Waals surface area contributed by atoms with E-state index in [-0.39, 0.29) is 5.91 Å². The van der Waals surface area contributed by atoms with Crippen LogP contribution in [0.4, 0.5) is 11.4 Å². The van der Waals surface area contributed by atoms with E-state index in [0.29, 0.717) is 24.2 Å². The first-order valence-corrected chi connectivity index (χ1v) is 7.13. The molecule has 0 saturated heterocycles. The van der Waals surface area contributed by atoms with Gasteiger partial charge in [0, 0.05) is 24.5 Å². The zero-order chi connectivity index (χ0) is 15.3. The molecule has 4 heteroatoms. The van der Waals surface area contributed by atoms with Crippen LogP contribution in [0.2, 0.25) is 0 Å². The van der Waals surface area contributed by atoms with Crippen molar-refractivity contribution < 1.29 is 4.79 Å². The zero-order valence-corrected chi connectivity index (χ0v) is 13.3. The van der Waals surface area contributed by atoms with E-state index in [1.165, 1.54) is 0 Å². The first kappa shape index (κ1) is 16.5. The van der Waals surface area contributed by atoms with Gasteiger partial charge in [-0.1, -0.05) is 13.8 Å². The lowest BCUT2D eigenvalue weighted by Crippen LogP contribution is -2.40. The van der Waals surface area contributed by atoms with Crippen LogP contribution in [-0.2, 0) is 4.79 Å². The number of nitrogens with two attached hydrogens (primary N) is 1. The summed E-state index contributed by atoms with van der Waals surface area (Å²) in [6, 6.07) is 7.75. The van der Waals surface area contributed by atoms with E-state index in [9.17, 15) is 4.79 Å². The van der Waals surface area contributed by atoms with Crippen molar-refractivity contribution in [3.05, 3.63) is 24.3 Å². The molecule has 1 atom stereocenters. The molecule has 1 aromatic rings. The molecule has 20 heavy (non-hydrogen) atoms. The van der Waals surface area contributed by atoms with E-state index >= 15 is 0 Å². The van der Waals surface area contributed by atoms with Gasteiger partial charge in [-0.2, -0.15) is 0 Å². The standard InChI is InChI=1S/C16H27N3O/c1-12(2)10-13(3)18(4)11-16(20)19(5)15-8-6-14(17)7-9-15/h6-9,12-13H,10-11,17H2,1-5H3. The monoisotopic (exact) mass is 277 g/mol. The number of nitrogens with zero attached hydrogens (tertiary/aromatic N) is 2. The zero-order valence-electron chi connectivity index (χ0n) is 13.3. The Morgan fingerprint density at radius 3 is 2.20 bits per heavy atom. The predicted octanol–water partition coefficient (Wildman–Crippen LogP) is 2.60. The van der Waals surface area contributed by atoms with Crippen molar-refractivity contribution in [1.82, 2.24) is 4.90 Å². The van der Waals surface area contributed by atoms with Crippen molar-refractivity contribution >= 4 is 17.3 Å². The highest BCUT2D eigenvalue weighted by atomic mass is 16.2. The number of carbonyl (C=O) groups excluding carboxylic acids is 1. The van der Waals surface area contributed by atoms with E-state index in [2.05, 4.69) is 25.7 Å². The molecule has 1 unspecified atom stereocenters. The fraction of sp³-hybridized carbons (Fsp3) is 0.562. The second kappa shape index (κ2) is 7.29. The molecule has 1 rings (SSSR count). The molecule has 1 amide bonds. The Hall–Kier alpha value is -1.55. The van der Waals surface area contributed by atoms with Crippen molar-refractivity contribution in [3.63, 3.8) is 0 Å². The summed E-state index contributed by atoms with van der Waals surface area (Å²) >= 11 is 0. The van der Waals surface area contributed by atoms with Gasteiger partial charge < -0.3 is 10.6 Å². The van der Waals surface area contributed by atoms with Crippen LogP contribution in [0.25, 0.3) is 0 Å². The first-order valence-electron chi connectivity index (χ1n) is 7.13. The molecule has 0 saturated carbocycles. The third kappa shape index (κ3) is 4.85. The van der Waals surface area contributed by atoms with Crippen LogP contribution in [0, 0.1) is 5.92 Å². The van der Waals surface area contributed by atoms with E-state index in [0.717, 1.165) is 12.1 Å². The molecule has 0 heterocycles. The molecule has 4 nitrogen and oxygen atoms in total. The van der Waals surface area contributed by atoms with Crippen molar-refractivity contribution in [1.29, 1.82) is 0 Å². The lowest BCUT2D eigenvalue weighted by Gasteiger charge is -2.27. The third-order valence-corrected chi connectivity index (χ3v) is 3.60. The number of amides is 1. The normalized spacial score (nSPS) is 12.8. The molecule has 0 bridgehead atoms. The van der Waals surface area contributed by atoms with E-state index < -0.39 is 0 Å². The average Bonchev–Trinajstić information content (AvgIpc) is 2.37. The molecular weight excluding hydrogens is 250 g/mol. The van der Waals surface area contributed by atoms with Crippen LogP contribution in [0.5, 0.6) is 0 Å². The van der Waals surface area contributed by atoms with Crippen LogP contribution in [0.3, 0.4) is 0 Å². The number of carbonyl (C=O) groups is 1. The smallest absolute Gasteiger partial charge is 0.240 e. The Bertz CT molecular complexity index is 428. The van der Waals surface area contributed by atoms with Gasteiger partial charge in [-0.05, 0) is 50.6 Å². The van der Waals surface area contributed by atoms with E-state index in [4.69, 9.17) is 5.73 Å². The van der Waals surface area contributed by atoms with Crippen molar-refractivity contribution in [2.75, 3.05) is 31.3 Å². The van der Waals surface area contributed by atoms with E-state index in [1.807, 2.05) is 31.3 Å². The summed E-state index contributed by atoms with van der Waals surface area (Å²) in [6.45, 7) is 6.99. The predicted molar refractivity (Wildman–Crippen MR) is 85.8 cm³/mol. The van der Waals surface area contributed by atoms with Gasteiger partial charge in [-0.15, -0.1) is 0 Å². The molecule has 0 radical (unpaired) electrons. The third-order valence-electron chi connectivity index (χ3n) is 3.60. The van der Waals surface area contributed by atoms with Crippen molar-refractivity contribution in [2.24, 2.45) is 5.92 Å². The fourth-order valence-corrected chi connectivity index (χ4v) is 2.18. The van der Waals surface area contributed by atoms with Gasteiger partial charge >= 0.3 is 0 Å². The minimum Gasteiger partial charge on any atom is -0.399 e. The van der Waals surface area contributed by atoms with Gasteiger partial charge in [0.1, 0.15) is 0 Å². The van der Waals surface area contributed by atoms with Crippen LogP contribution >= 0.6 is 0 Å². The summed E-state index contributed by atoms with van der Waals surface area (Å²) in [7, 11) is 3.80. The molecule has 0 aliphatic heterocycles. The highest BCUT2D eigenvalue weighted by molar-refractivity contribution is 5.94.